The van der Waals surface area contributed by atoms with Crippen LogP contribution in [-0.4, -0.2) is 29.8 Å². The van der Waals surface area contributed by atoms with Crippen molar-refractivity contribution in [3.05, 3.63) is 0 Å². The van der Waals surface area contributed by atoms with Crippen molar-refractivity contribution in [2.24, 2.45) is 0 Å². The molecule has 0 amide bonds. The van der Waals surface area contributed by atoms with Gasteiger partial charge in [-0.05, 0) is 19.4 Å². The summed E-state index contributed by atoms with van der Waals surface area (Å²) in [4.78, 5) is 13.6. The Morgan fingerprint density at radius 3 is 2.38 bits per heavy atom. The molecule has 76 valence electrons. The van der Waals surface area contributed by atoms with Gasteiger partial charge in [0.1, 0.15) is 5.78 Å². The second-order valence-electron chi connectivity index (χ2n) is 3.89. The molecule has 0 aromatic rings. The molecule has 0 unspecified atom stereocenters. The molecule has 0 bridgehead atoms. The largest absolute Gasteiger partial charge is 0.298 e. The molecule has 0 N–H and O–H groups in total. The molecule has 1 aliphatic carbocycles. The lowest BCUT2D eigenvalue weighted by molar-refractivity contribution is -0.120. The molecule has 0 radical (unpaired) electrons. The summed E-state index contributed by atoms with van der Waals surface area (Å²) in [7, 11) is 0. The van der Waals surface area contributed by atoms with Gasteiger partial charge in [0.2, 0.25) is 0 Å². The third-order valence-corrected chi connectivity index (χ3v) is 3.02. The van der Waals surface area contributed by atoms with E-state index in [1.165, 1.54) is 25.7 Å². The fourth-order valence-corrected chi connectivity index (χ4v) is 2.11. The van der Waals surface area contributed by atoms with Crippen LogP contribution in [0.3, 0.4) is 0 Å². The van der Waals surface area contributed by atoms with E-state index in [0.717, 1.165) is 6.54 Å². The molecule has 1 aliphatic rings. The first-order valence-corrected chi connectivity index (χ1v) is 5.53. The molecule has 13 heavy (non-hydrogen) atoms. The minimum atomic E-state index is 0.383. The number of ketones is 1. The lowest BCUT2D eigenvalue weighted by atomic mass is 10.2. The summed E-state index contributed by atoms with van der Waals surface area (Å²) >= 11 is 0. The first-order chi connectivity index (χ1) is 6.27. The summed E-state index contributed by atoms with van der Waals surface area (Å²) in [5, 5.41) is 0. The van der Waals surface area contributed by atoms with Crippen molar-refractivity contribution in [2.75, 3.05) is 13.1 Å². The summed E-state index contributed by atoms with van der Waals surface area (Å²) < 4.78 is 0. The Hall–Kier alpha value is -0.370. The van der Waals surface area contributed by atoms with E-state index >= 15 is 0 Å². The van der Waals surface area contributed by atoms with Gasteiger partial charge in [-0.15, -0.1) is 0 Å². The number of nitrogens with zero attached hydrogens (tertiary/aromatic N) is 1. The van der Waals surface area contributed by atoms with Crippen LogP contribution in [0.4, 0.5) is 0 Å². The summed E-state index contributed by atoms with van der Waals surface area (Å²) in [6.07, 6.45) is 5.97. The number of carbonyl (C=O) groups excluding carboxylic acids is 1. The van der Waals surface area contributed by atoms with Crippen LogP contribution in [0.5, 0.6) is 0 Å². The van der Waals surface area contributed by atoms with Crippen molar-refractivity contribution in [1.29, 1.82) is 0 Å². The van der Waals surface area contributed by atoms with E-state index in [4.69, 9.17) is 0 Å². The minimum Gasteiger partial charge on any atom is -0.298 e. The number of likely N-dealkylation sites (N-methyl/N-ethyl adjacent to an activating group) is 1. The van der Waals surface area contributed by atoms with Crippen molar-refractivity contribution in [1.82, 2.24) is 4.90 Å². The number of hydrogen-bond acceptors (Lipinski definition) is 2. The highest BCUT2D eigenvalue weighted by Gasteiger charge is 2.22. The molecule has 0 aliphatic heterocycles. The zero-order chi connectivity index (χ0) is 9.68. The maximum Gasteiger partial charge on any atom is 0.146 e. The molecule has 0 spiro atoms. The third-order valence-electron chi connectivity index (χ3n) is 3.02. The predicted octanol–water partition coefficient (Wildman–Crippen LogP) is 2.23. The Morgan fingerprint density at radius 1 is 1.31 bits per heavy atom. The number of Topliss-reactive ketones (excluding diaryl/α,β-unsaturated/α-hetero) is 1. The van der Waals surface area contributed by atoms with E-state index in [1.54, 1.807) is 0 Å². The van der Waals surface area contributed by atoms with Gasteiger partial charge in [0, 0.05) is 12.5 Å². The third kappa shape index (κ3) is 3.11. The van der Waals surface area contributed by atoms with E-state index < -0.39 is 0 Å². The Balaban J connectivity index is 2.37. The van der Waals surface area contributed by atoms with E-state index in [1.807, 2.05) is 6.92 Å². The van der Waals surface area contributed by atoms with Crippen LogP contribution >= 0.6 is 0 Å². The molecule has 0 atom stereocenters. The number of hydrogen-bond donors (Lipinski definition) is 0. The van der Waals surface area contributed by atoms with Crippen LogP contribution in [0, 0.1) is 0 Å². The monoisotopic (exact) mass is 183 g/mol. The minimum absolute atomic E-state index is 0.383. The van der Waals surface area contributed by atoms with Crippen LogP contribution in [0.2, 0.25) is 0 Å². The van der Waals surface area contributed by atoms with Gasteiger partial charge in [0.25, 0.3) is 0 Å². The average molecular weight is 183 g/mol. The van der Waals surface area contributed by atoms with Gasteiger partial charge in [-0.2, -0.15) is 0 Å². The number of carbonyl (C=O) groups is 1. The van der Waals surface area contributed by atoms with Gasteiger partial charge in [-0.1, -0.05) is 26.7 Å². The topological polar surface area (TPSA) is 20.3 Å². The Kier molecular flexibility index (Phi) is 4.43. The van der Waals surface area contributed by atoms with Crippen LogP contribution in [0.15, 0.2) is 0 Å². The molecular weight excluding hydrogens is 162 g/mol. The van der Waals surface area contributed by atoms with Gasteiger partial charge in [-0.25, -0.2) is 0 Å². The van der Waals surface area contributed by atoms with Crippen LogP contribution < -0.4 is 0 Å². The zero-order valence-electron chi connectivity index (χ0n) is 8.88. The van der Waals surface area contributed by atoms with Crippen molar-refractivity contribution in [3.8, 4) is 0 Å². The van der Waals surface area contributed by atoms with Gasteiger partial charge in [0.05, 0.1) is 6.54 Å². The SMILES string of the molecule is CCC(=O)CN(CC)C1CCCC1. The molecule has 0 saturated heterocycles. The normalized spacial score (nSPS) is 18.4. The smallest absolute Gasteiger partial charge is 0.146 e. The molecule has 0 heterocycles. The van der Waals surface area contributed by atoms with Crippen molar-refractivity contribution >= 4 is 5.78 Å². The summed E-state index contributed by atoms with van der Waals surface area (Å²) in [5.41, 5.74) is 0. The Morgan fingerprint density at radius 2 is 1.92 bits per heavy atom. The van der Waals surface area contributed by atoms with Crippen molar-refractivity contribution < 1.29 is 4.79 Å². The molecule has 1 saturated carbocycles. The van der Waals surface area contributed by atoms with E-state index in [-0.39, 0.29) is 0 Å². The lowest BCUT2D eigenvalue weighted by Gasteiger charge is -2.26. The Labute approximate surface area is 81.3 Å². The fourth-order valence-electron chi connectivity index (χ4n) is 2.11. The highest BCUT2D eigenvalue weighted by Crippen LogP contribution is 2.23. The highest BCUT2D eigenvalue weighted by molar-refractivity contribution is 5.80. The summed E-state index contributed by atoms with van der Waals surface area (Å²) in [6, 6.07) is 0.695. The van der Waals surface area contributed by atoms with E-state index in [9.17, 15) is 4.79 Å². The second-order valence-corrected chi connectivity index (χ2v) is 3.89. The van der Waals surface area contributed by atoms with Gasteiger partial charge >= 0.3 is 0 Å². The van der Waals surface area contributed by atoms with Gasteiger partial charge in [0.15, 0.2) is 0 Å². The second kappa shape index (κ2) is 5.38. The van der Waals surface area contributed by atoms with Crippen molar-refractivity contribution in [3.63, 3.8) is 0 Å². The maximum atomic E-state index is 11.3. The summed E-state index contributed by atoms with van der Waals surface area (Å²) in [6.45, 7) is 5.81. The van der Waals surface area contributed by atoms with Crippen LogP contribution in [0.1, 0.15) is 46.0 Å². The summed E-state index contributed by atoms with van der Waals surface area (Å²) in [5.74, 6) is 0.383. The van der Waals surface area contributed by atoms with E-state index in [0.29, 0.717) is 24.8 Å². The average Bonchev–Trinajstić information content (AvgIpc) is 2.66. The fraction of sp³-hybridized carbons (Fsp3) is 0.909. The van der Waals surface area contributed by atoms with Crippen molar-refractivity contribution in [2.45, 2.75) is 52.0 Å². The van der Waals surface area contributed by atoms with Gasteiger partial charge in [-0.3, -0.25) is 9.69 Å². The standard InChI is InChI=1S/C11H21NO/c1-3-11(13)9-12(4-2)10-7-5-6-8-10/h10H,3-9H2,1-2H3. The van der Waals surface area contributed by atoms with E-state index in [2.05, 4.69) is 11.8 Å². The molecule has 0 aromatic carbocycles. The number of rotatable bonds is 5. The first-order valence-electron chi connectivity index (χ1n) is 5.53. The van der Waals surface area contributed by atoms with Crippen LogP contribution in [0.25, 0.3) is 0 Å². The molecular formula is C11H21NO. The molecule has 1 rings (SSSR count). The lowest BCUT2D eigenvalue weighted by Crippen LogP contribution is -2.37. The zero-order valence-corrected chi connectivity index (χ0v) is 8.88. The Bertz CT molecular complexity index is 161. The van der Waals surface area contributed by atoms with Crippen LogP contribution in [-0.2, 0) is 4.79 Å². The quantitative estimate of drug-likeness (QED) is 0.651. The highest BCUT2D eigenvalue weighted by atomic mass is 16.1. The molecule has 1 fully saturated rings. The molecule has 2 heteroatoms. The first kappa shape index (κ1) is 10.7. The molecule has 0 aromatic heterocycles. The molecule has 2 nitrogen and oxygen atoms in total. The predicted molar refractivity (Wildman–Crippen MR) is 54.8 cm³/mol. The maximum absolute atomic E-state index is 11.3. The van der Waals surface area contributed by atoms with Gasteiger partial charge < -0.3 is 0 Å².